The van der Waals surface area contributed by atoms with E-state index in [0.717, 1.165) is 17.9 Å². The fourth-order valence-electron chi connectivity index (χ4n) is 2.63. The molecule has 0 radical (unpaired) electrons. The number of amidine groups is 1. The number of para-hydroxylation sites is 1. The van der Waals surface area contributed by atoms with Gasteiger partial charge in [-0.25, -0.2) is 0 Å². The summed E-state index contributed by atoms with van der Waals surface area (Å²) in [5, 5.41) is 4.09. The molecule has 0 aliphatic carbocycles. The van der Waals surface area contributed by atoms with Gasteiger partial charge in [0.2, 0.25) is 5.91 Å². The van der Waals surface area contributed by atoms with Crippen molar-refractivity contribution in [2.24, 2.45) is 10.7 Å². The van der Waals surface area contributed by atoms with Gasteiger partial charge in [0, 0.05) is 18.5 Å². The van der Waals surface area contributed by atoms with Crippen LogP contribution in [0.25, 0.3) is 0 Å². The molecule has 1 aliphatic heterocycles. The zero-order valence-electron chi connectivity index (χ0n) is 13.3. The van der Waals surface area contributed by atoms with E-state index in [0.29, 0.717) is 34.3 Å². The number of carbonyl (C=O) groups excluding carboxylic acids is 1. The molecule has 0 aromatic heterocycles. The molecule has 1 heterocycles. The van der Waals surface area contributed by atoms with Crippen LogP contribution in [0.15, 0.2) is 47.5 Å². The molecule has 2 aromatic carbocycles. The monoisotopic (exact) mass is 377 g/mol. The van der Waals surface area contributed by atoms with Gasteiger partial charge in [-0.3, -0.25) is 9.79 Å². The molecule has 130 valence electrons. The van der Waals surface area contributed by atoms with E-state index in [-0.39, 0.29) is 0 Å². The minimum absolute atomic E-state index is 0.400. The number of carbonyl (C=O) groups is 1. The topological polar surface area (TPSA) is 76.7 Å². The molecule has 5 nitrogen and oxygen atoms in total. The van der Waals surface area contributed by atoms with Crippen molar-refractivity contribution in [1.29, 1.82) is 0 Å². The van der Waals surface area contributed by atoms with Crippen LogP contribution in [-0.2, 0) is 6.42 Å². The minimum atomic E-state index is -0.468. The van der Waals surface area contributed by atoms with E-state index in [2.05, 4.69) is 10.3 Å². The summed E-state index contributed by atoms with van der Waals surface area (Å²) < 4.78 is 6.09. The van der Waals surface area contributed by atoms with E-state index < -0.39 is 12.0 Å². The molecule has 0 fully saturated rings. The molecule has 0 saturated carbocycles. The van der Waals surface area contributed by atoms with Gasteiger partial charge in [-0.2, -0.15) is 0 Å². The Morgan fingerprint density at radius 2 is 1.96 bits per heavy atom. The number of aliphatic imine (C=N–C) groups is 1. The molecule has 0 saturated heterocycles. The number of primary amides is 1. The van der Waals surface area contributed by atoms with Crippen LogP contribution in [-0.4, -0.2) is 30.9 Å². The van der Waals surface area contributed by atoms with E-state index in [1.165, 1.54) is 0 Å². The normalized spacial score (nSPS) is 14.6. The summed E-state index contributed by atoms with van der Waals surface area (Å²) >= 11 is 12.4. The maximum Gasteiger partial charge on any atom is 0.248 e. The number of amides is 1. The van der Waals surface area contributed by atoms with E-state index >= 15 is 0 Å². The second-order valence-corrected chi connectivity index (χ2v) is 6.43. The van der Waals surface area contributed by atoms with Gasteiger partial charge in [0.1, 0.15) is 5.84 Å². The minimum Gasteiger partial charge on any atom is -0.479 e. The third-order valence-electron chi connectivity index (χ3n) is 3.82. The number of nitrogens with two attached hydrogens (primary N) is 1. The van der Waals surface area contributed by atoms with Gasteiger partial charge in [0.15, 0.2) is 11.9 Å². The fourth-order valence-corrected chi connectivity index (χ4v) is 3.12. The van der Waals surface area contributed by atoms with Gasteiger partial charge in [-0.05, 0) is 29.8 Å². The summed E-state index contributed by atoms with van der Waals surface area (Å²) in [4.78, 5) is 15.8. The van der Waals surface area contributed by atoms with Crippen molar-refractivity contribution < 1.29 is 9.53 Å². The zero-order valence-corrected chi connectivity index (χ0v) is 14.8. The van der Waals surface area contributed by atoms with Crippen molar-refractivity contribution in [2.75, 3.05) is 13.1 Å². The standard InChI is InChI=1S/C18H17Cl2N3O2/c19-13-5-2-6-14(20)16(13)25-15(18-22-7-8-23-18)10-11-3-1-4-12(9-11)17(21)24/h1-6,9,15H,7-8,10H2,(H2,21,24)(H,22,23). The third-order valence-corrected chi connectivity index (χ3v) is 4.41. The third kappa shape index (κ3) is 4.24. The quantitative estimate of drug-likeness (QED) is 0.811. The summed E-state index contributed by atoms with van der Waals surface area (Å²) in [6.45, 7) is 1.44. The van der Waals surface area contributed by atoms with Gasteiger partial charge >= 0.3 is 0 Å². The van der Waals surface area contributed by atoms with Crippen molar-refractivity contribution in [3.63, 3.8) is 0 Å². The summed E-state index contributed by atoms with van der Waals surface area (Å²) in [5.74, 6) is 0.684. The van der Waals surface area contributed by atoms with Gasteiger partial charge in [0.25, 0.3) is 0 Å². The number of nitrogens with zero attached hydrogens (tertiary/aromatic N) is 1. The Hall–Kier alpha value is -2.24. The van der Waals surface area contributed by atoms with Crippen molar-refractivity contribution in [2.45, 2.75) is 12.5 Å². The average Bonchev–Trinajstić information content (AvgIpc) is 3.12. The van der Waals surface area contributed by atoms with E-state index in [1.807, 2.05) is 6.07 Å². The number of hydrogen-bond donors (Lipinski definition) is 2. The first-order chi connectivity index (χ1) is 12.0. The van der Waals surface area contributed by atoms with Crippen molar-refractivity contribution in [3.05, 3.63) is 63.6 Å². The first-order valence-corrected chi connectivity index (χ1v) is 8.58. The van der Waals surface area contributed by atoms with E-state index in [1.54, 1.807) is 36.4 Å². The van der Waals surface area contributed by atoms with Crippen LogP contribution in [0.3, 0.4) is 0 Å². The first kappa shape index (κ1) is 17.6. The lowest BCUT2D eigenvalue weighted by molar-refractivity contribution is 0.1000. The van der Waals surface area contributed by atoms with Crippen LogP contribution in [0.2, 0.25) is 10.0 Å². The second-order valence-electron chi connectivity index (χ2n) is 5.62. The van der Waals surface area contributed by atoms with Crippen LogP contribution >= 0.6 is 23.2 Å². The maximum atomic E-state index is 11.4. The Bertz CT molecular complexity index is 803. The molecule has 25 heavy (non-hydrogen) atoms. The van der Waals surface area contributed by atoms with E-state index in [4.69, 9.17) is 33.7 Å². The summed E-state index contributed by atoms with van der Waals surface area (Å²) in [5.41, 5.74) is 6.71. The molecule has 7 heteroatoms. The highest BCUT2D eigenvalue weighted by Gasteiger charge is 2.23. The van der Waals surface area contributed by atoms with Crippen molar-refractivity contribution >= 4 is 34.9 Å². The van der Waals surface area contributed by atoms with Crippen LogP contribution in [0.4, 0.5) is 0 Å². The smallest absolute Gasteiger partial charge is 0.248 e. The molecule has 1 atom stereocenters. The Morgan fingerprint density at radius 1 is 1.24 bits per heavy atom. The fraction of sp³-hybridized carbons (Fsp3) is 0.222. The van der Waals surface area contributed by atoms with Crippen molar-refractivity contribution in [1.82, 2.24) is 5.32 Å². The van der Waals surface area contributed by atoms with Gasteiger partial charge in [0.05, 0.1) is 16.6 Å². The Labute approximate surface area is 155 Å². The highest BCUT2D eigenvalue weighted by Crippen LogP contribution is 2.33. The number of benzene rings is 2. The molecule has 2 aromatic rings. The Kier molecular flexibility index (Phi) is 5.46. The molecule has 3 N–H and O–H groups in total. The molecule has 1 aliphatic rings. The molecule has 3 rings (SSSR count). The highest BCUT2D eigenvalue weighted by atomic mass is 35.5. The van der Waals surface area contributed by atoms with Gasteiger partial charge in [-0.15, -0.1) is 0 Å². The van der Waals surface area contributed by atoms with E-state index in [9.17, 15) is 4.79 Å². The molecule has 1 unspecified atom stereocenters. The first-order valence-electron chi connectivity index (χ1n) is 7.82. The largest absolute Gasteiger partial charge is 0.479 e. The molecular formula is C18H17Cl2N3O2. The summed E-state index contributed by atoms with van der Waals surface area (Å²) in [6, 6.07) is 12.3. The number of nitrogens with one attached hydrogen (secondary N) is 1. The zero-order chi connectivity index (χ0) is 17.8. The SMILES string of the molecule is NC(=O)c1cccc(CC(Oc2c(Cl)cccc2Cl)C2=NCCN2)c1. The van der Waals surface area contributed by atoms with Gasteiger partial charge in [-0.1, -0.05) is 41.4 Å². The predicted molar refractivity (Wildman–Crippen MR) is 99.8 cm³/mol. The van der Waals surface area contributed by atoms with Crippen LogP contribution in [0.1, 0.15) is 15.9 Å². The Morgan fingerprint density at radius 3 is 2.60 bits per heavy atom. The molecule has 0 spiro atoms. The lowest BCUT2D eigenvalue weighted by Crippen LogP contribution is -2.37. The van der Waals surface area contributed by atoms with Crippen LogP contribution in [0, 0.1) is 0 Å². The molecule has 1 amide bonds. The number of halogens is 2. The van der Waals surface area contributed by atoms with Crippen LogP contribution < -0.4 is 15.8 Å². The lowest BCUT2D eigenvalue weighted by atomic mass is 10.0. The number of ether oxygens (including phenoxy) is 1. The van der Waals surface area contributed by atoms with Gasteiger partial charge < -0.3 is 15.8 Å². The Balaban J connectivity index is 1.88. The predicted octanol–water partition coefficient (Wildman–Crippen LogP) is 3.08. The van der Waals surface area contributed by atoms with Crippen molar-refractivity contribution in [3.8, 4) is 5.75 Å². The number of hydrogen-bond acceptors (Lipinski definition) is 4. The highest BCUT2D eigenvalue weighted by molar-refractivity contribution is 6.37. The lowest BCUT2D eigenvalue weighted by Gasteiger charge is -2.21. The van der Waals surface area contributed by atoms with Crippen LogP contribution in [0.5, 0.6) is 5.75 Å². The summed E-state index contributed by atoms with van der Waals surface area (Å²) in [6.07, 6.45) is 0.0946. The summed E-state index contributed by atoms with van der Waals surface area (Å²) in [7, 11) is 0. The molecular weight excluding hydrogens is 361 g/mol. The number of rotatable bonds is 6. The molecule has 0 bridgehead atoms. The maximum absolute atomic E-state index is 11.4. The second kappa shape index (κ2) is 7.76. The average molecular weight is 378 g/mol.